The number of aryl methyl sites for hydroxylation is 2. The van der Waals surface area contributed by atoms with E-state index < -0.39 is 10.0 Å². The Kier molecular flexibility index (Phi) is 5.42. The third-order valence-electron chi connectivity index (χ3n) is 5.17. The summed E-state index contributed by atoms with van der Waals surface area (Å²) in [4.78, 5) is 4.36. The lowest BCUT2D eigenvalue weighted by atomic mass is 10.2. The van der Waals surface area contributed by atoms with E-state index in [1.54, 1.807) is 53.3 Å². The summed E-state index contributed by atoms with van der Waals surface area (Å²) >= 11 is 0. The number of aromatic nitrogens is 5. The van der Waals surface area contributed by atoms with E-state index in [4.69, 9.17) is 0 Å². The summed E-state index contributed by atoms with van der Waals surface area (Å²) in [5, 5.41) is 16.8. The molecule has 0 radical (unpaired) electrons. The van der Waals surface area contributed by atoms with Gasteiger partial charge in [-0.15, -0.1) is 10.2 Å². The fourth-order valence-corrected chi connectivity index (χ4v) is 4.88. The third-order valence-corrected chi connectivity index (χ3v) is 6.58. The van der Waals surface area contributed by atoms with Crippen LogP contribution in [0.15, 0.2) is 83.9 Å². The van der Waals surface area contributed by atoms with Gasteiger partial charge >= 0.3 is 0 Å². The lowest BCUT2D eigenvalue weighted by molar-refractivity contribution is 0.602. The van der Waals surface area contributed by atoms with Crippen molar-refractivity contribution in [1.82, 2.24) is 25.0 Å². The highest BCUT2D eigenvalue weighted by Gasteiger charge is 2.18. The topological polar surface area (TPSA) is 115 Å². The fraction of sp³-hybridized carbons (Fsp3) is 0.0833. The Hall–Kier alpha value is -4.31. The Morgan fingerprint density at radius 3 is 2.32 bits per heavy atom. The first-order valence-electron chi connectivity index (χ1n) is 10.5. The Bertz CT molecular complexity index is 1570. The highest BCUT2D eigenvalue weighted by Crippen LogP contribution is 2.24. The van der Waals surface area contributed by atoms with Gasteiger partial charge in [-0.3, -0.25) is 9.71 Å². The summed E-state index contributed by atoms with van der Waals surface area (Å²) in [5.41, 5.74) is 3.49. The molecule has 0 aliphatic carbocycles. The average Bonchev–Trinajstić information content (AvgIpc) is 3.18. The van der Waals surface area contributed by atoms with Gasteiger partial charge in [-0.1, -0.05) is 18.2 Å². The number of fused-ring (bicyclic) bond motifs is 1. The minimum absolute atomic E-state index is 0.130. The maximum Gasteiger partial charge on any atom is 0.264 e. The lowest BCUT2D eigenvalue weighted by Gasteiger charge is -2.11. The molecule has 0 unspecified atom stereocenters. The van der Waals surface area contributed by atoms with Crippen molar-refractivity contribution in [3.05, 3.63) is 90.4 Å². The van der Waals surface area contributed by atoms with E-state index >= 15 is 0 Å². The van der Waals surface area contributed by atoms with Crippen LogP contribution in [0.4, 0.5) is 17.2 Å². The first kappa shape index (κ1) is 21.5. The van der Waals surface area contributed by atoms with Gasteiger partial charge in [0.25, 0.3) is 10.0 Å². The van der Waals surface area contributed by atoms with Crippen LogP contribution >= 0.6 is 0 Å². The summed E-state index contributed by atoms with van der Waals surface area (Å²) in [6, 6.07) is 21.2. The van der Waals surface area contributed by atoms with Crippen LogP contribution in [-0.4, -0.2) is 33.4 Å². The van der Waals surface area contributed by atoms with Crippen molar-refractivity contribution in [2.45, 2.75) is 18.7 Å². The van der Waals surface area contributed by atoms with Crippen molar-refractivity contribution in [3.63, 3.8) is 0 Å². The zero-order valence-corrected chi connectivity index (χ0v) is 19.3. The molecule has 170 valence electrons. The SMILES string of the molecule is Cc1cc(C)n(-c2ccc(Nc3ccc(NS(=O)(=O)c4cccc5cccnc45)cc3)nn2)n1. The van der Waals surface area contributed by atoms with Crippen molar-refractivity contribution in [1.29, 1.82) is 0 Å². The zero-order chi connectivity index (χ0) is 23.7. The molecule has 5 rings (SSSR count). The van der Waals surface area contributed by atoms with Crippen LogP contribution in [0, 0.1) is 13.8 Å². The molecule has 0 aliphatic rings. The van der Waals surface area contributed by atoms with E-state index in [-0.39, 0.29) is 4.90 Å². The number of hydrogen-bond donors (Lipinski definition) is 2. The number of nitrogens with one attached hydrogen (secondary N) is 2. The number of sulfonamides is 1. The molecule has 0 spiro atoms. The number of para-hydroxylation sites is 1. The van der Waals surface area contributed by atoms with E-state index in [0.717, 1.165) is 22.5 Å². The minimum Gasteiger partial charge on any atom is -0.339 e. The van der Waals surface area contributed by atoms with E-state index in [0.29, 0.717) is 22.8 Å². The van der Waals surface area contributed by atoms with E-state index in [1.165, 1.54) is 0 Å². The Morgan fingerprint density at radius 2 is 1.62 bits per heavy atom. The standard InChI is InChI=1S/C24H21N7O2S/c1-16-15-17(2)31(29-16)23-13-12-22(27-28-23)26-19-8-10-20(11-9-19)30-34(32,33)21-7-3-5-18-6-4-14-25-24(18)21/h3-15,30H,1-2H3,(H,26,27). The lowest BCUT2D eigenvalue weighted by Crippen LogP contribution is -2.13. The second kappa shape index (κ2) is 8.56. The number of hydrogen-bond acceptors (Lipinski definition) is 7. The molecular weight excluding hydrogens is 450 g/mol. The van der Waals surface area contributed by atoms with Crippen LogP contribution in [0.3, 0.4) is 0 Å². The summed E-state index contributed by atoms with van der Waals surface area (Å²) in [6.45, 7) is 3.88. The predicted octanol–water partition coefficient (Wildman–Crippen LogP) is 4.37. The first-order valence-corrected chi connectivity index (χ1v) is 12.0. The quantitative estimate of drug-likeness (QED) is 0.378. The Morgan fingerprint density at radius 1 is 0.853 bits per heavy atom. The van der Waals surface area contributed by atoms with E-state index in [9.17, 15) is 8.42 Å². The number of rotatable bonds is 6. The minimum atomic E-state index is -3.81. The van der Waals surface area contributed by atoms with Gasteiger partial charge in [0, 0.05) is 28.7 Å². The maximum absolute atomic E-state index is 13.0. The van der Waals surface area contributed by atoms with E-state index in [2.05, 4.69) is 30.3 Å². The molecule has 10 heteroatoms. The summed E-state index contributed by atoms with van der Waals surface area (Å²) in [5.74, 6) is 1.18. The predicted molar refractivity (Wildman–Crippen MR) is 131 cm³/mol. The van der Waals surface area contributed by atoms with Crippen molar-refractivity contribution in [2.75, 3.05) is 10.0 Å². The second-order valence-corrected chi connectivity index (χ2v) is 9.41. The molecule has 0 saturated heterocycles. The molecule has 0 atom stereocenters. The van der Waals surface area contributed by atoms with Crippen LogP contribution in [0.1, 0.15) is 11.4 Å². The summed E-state index contributed by atoms with van der Waals surface area (Å²) in [7, 11) is -3.81. The van der Waals surface area contributed by atoms with Gasteiger partial charge in [0.1, 0.15) is 4.90 Å². The third kappa shape index (κ3) is 4.30. The second-order valence-electron chi connectivity index (χ2n) is 7.75. The maximum atomic E-state index is 13.0. The van der Waals surface area contributed by atoms with Crippen LogP contribution in [0.25, 0.3) is 16.7 Å². The van der Waals surface area contributed by atoms with Crippen LogP contribution in [-0.2, 0) is 10.0 Å². The van der Waals surface area contributed by atoms with Crippen LogP contribution in [0.2, 0.25) is 0 Å². The Labute approximate surface area is 196 Å². The molecule has 3 heterocycles. The monoisotopic (exact) mass is 471 g/mol. The number of nitrogens with zero attached hydrogens (tertiary/aromatic N) is 5. The van der Waals surface area contributed by atoms with Crippen molar-refractivity contribution >= 4 is 38.1 Å². The molecule has 9 nitrogen and oxygen atoms in total. The van der Waals surface area contributed by atoms with Gasteiger partial charge in [0.2, 0.25) is 0 Å². The fourth-order valence-electron chi connectivity index (χ4n) is 3.64. The molecule has 0 bridgehead atoms. The van der Waals surface area contributed by atoms with Gasteiger partial charge in [-0.25, -0.2) is 13.1 Å². The van der Waals surface area contributed by atoms with Crippen molar-refractivity contribution < 1.29 is 8.42 Å². The molecular formula is C24H21N7O2S. The number of benzene rings is 2. The summed E-state index contributed by atoms with van der Waals surface area (Å²) < 4.78 is 30.3. The van der Waals surface area contributed by atoms with Crippen molar-refractivity contribution in [2.24, 2.45) is 0 Å². The molecule has 0 amide bonds. The van der Waals surface area contributed by atoms with Gasteiger partial charge < -0.3 is 5.32 Å². The average molecular weight is 472 g/mol. The normalized spacial score (nSPS) is 11.5. The summed E-state index contributed by atoms with van der Waals surface area (Å²) in [6.07, 6.45) is 1.58. The molecule has 34 heavy (non-hydrogen) atoms. The van der Waals surface area contributed by atoms with Crippen LogP contribution < -0.4 is 10.0 Å². The Balaban J connectivity index is 1.30. The van der Waals surface area contributed by atoms with E-state index in [1.807, 2.05) is 44.2 Å². The molecule has 2 aromatic carbocycles. The highest BCUT2D eigenvalue weighted by molar-refractivity contribution is 7.93. The molecule has 5 aromatic rings. The van der Waals surface area contributed by atoms with Gasteiger partial charge in [0.15, 0.2) is 11.6 Å². The largest absolute Gasteiger partial charge is 0.339 e. The molecule has 3 aromatic heterocycles. The molecule has 0 saturated carbocycles. The number of pyridine rings is 1. The smallest absolute Gasteiger partial charge is 0.264 e. The molecule has 0 aliphatic heterocycles. The zero-order valence-electron chi connectivity index (χ0n) is 18.5. The van der Waals surface area contributed by atoms with Gasteiger partial charge in [-0.2, -0.15) is 5.10 Å². The van der Waals surface area contributed by atoms with Gasteiger partial charge in [0.05, 0.1) is 11.2 Å². The highest BCUT2D eigenvalue weighted by atomic mass is 32.2. The molecule has 0 fully saturated rings. The van der Waals surface area contributed by atoms with Gasteiger partial charge in [-0.05, 0) is 68.4 Å². The number of anilines is 3. The first-order chi connectivity index (χ1) is 16.4. The van der Waals surface area contributed by atoms with Crippen LogP contribution in [0.5, 0.6) is 0 Å². The van der Waals surface area contributed by atoms with Crippen molar-refractivity contribution in [3.8, 4) is 5.82 Å². The molecule has 2 N–H and O–H groups in total.